The standard InChI is InChI=1S/C20H15NO6S/c1-24-14-5-2-12(3-6-14)19-21-15(10-28-19)20(23)25-9-16(22)13-4-7-17-18(8-13)27-11-26-17/h2-8,10H,9,11H2,1H3. The highest BCUT2D eigenvalue weighted by Gasteiger charge is 2.19. The van der Waals surface area contributed by atoms with Crippen molar-refractivity contribution in [1.82, 2.24) is 4.98 Å². The fourth-order valence-corrected chi connectivity index (χ4v) is 3.39. The summed E-state index contributed by atoms with van der Waals surface area (Å²) < 4.78 is 20.7. The normalized spacial score (nSPS) is 11.9. The Morgan fingerprint density at radius 2 is 1.89 bits per heavy atom. The zero-order chi connectivity index (χ0) is 19.5. The number of esters is 1. The highest BCUT2D eigenvalue weighted by molar-refractivity contribution is 7.13. The van der Waals surface area contributed by atoms with Crippen LogP contribution in [0.2, 0.25) is 0 Å². The van der Waals surface area contributed by atoms with Gasteiger partial charge in [0.1, 0.15) is 10.8 Å². The van der Waals surface area contributed by atoms with Crippen LogP contribution in [0.1, 0.15) is 20.8 Å². The molecule has 1 aliphatic heterocycles. The van der Waals surface area contributed by atoms with Crippen molar-refractivity contribution in [1.29, 1.82) is 0 Å². The largest absolute Gasteiger partial charge is 0.497 e. The molecule has 7 nitrogen and oxygen atoms in total. The molecule has 0 atom stereocenters. The van der Waals surface area contributed by atoms with Gasteiger partial charge in [-0.15, -0.1) is 11.3 Å². The average molecular weight is 397 g/mol. The SMILES string of the molecule is COc1ccc(-c2nc(C(=O)OCC(=O)c3ccc4c(c3)OCO4)cs2)cc1. The van der Waals surface area contributed by atoms with Crippen LogP contribution in [0.25, 0.3) is 10.6 Å². The maximum Gasteiger partial charge on any atom is 0.358 e. The Balaban J connectivity index is 1.38. The number of Topliss-reactive ketones (excluding diaryl/α,β-unsaturated/α-hetero) is 1. The summed E-state index contributed by atoms with van der Waals surface area (Å²) in [5.74, 6) is 0.840. The molecule has 1 aromatic heterocycles. The van der Waals surface area contributed by atoms with Crippen LogP contribution in [0, 0.1) is 0 Å². The van der Waals surface area contributed by atoms with Gasteiger partial charge in [-0.2, -0.15) is 0 Å². The number of nitrogens with zero attached hydrogens (tertiary/aromatic N) is 1. The number of hydrogen-bond acceptors (Lipinski definition) is 8. The molecule has 0 saturated carbocycles. The zero-order valence-electron chi connectivity index (χ0n) is 14.8. The molecule has 0 unspecified atom stereocenters. The summed E-state index contributed by atoms with van der Waals surface area (Å²) in [5.41, 5.74) is 1.41. The number of carbonyl (C=O) groups excluding carboxylic acids is 2. The molecule has 4 rings (SSSR count). The number of ether oxygens (including phenoxy) is 4. The molecule has 0 N–H and O–H groups in total. The van der Waals surface area contributed by atoms with Crippen LogP contribution in [0.15, 0.2) is 47.8 Å². The Morgan fingerprint density at radius 1 is 1.11 bits per heavy atom. The quantitative estimate of drug-likeness (QED) is 0.464. The summed E-state index contributed by atoms with van der Waals surface area (Å²) in [6, 6.07) is 12.2. The number of methoxy groups -OCH3 is 1. The van der Waals surface area contributed by atoms with Gasteiger partial charge in [0.2, 0.25) is 6.79 Å². The Labute approximate surface area is 164 Å². The second-order valence-electron chi connectivity index (χ2n) is 5.83. The van der Waals surface area contributed by atoms with Crippen LogP contribution < -0.4 is 14.2 Å². The van der Waals surface area contributed by atoms with Crippen LogP contribution >= 0.6 is 11.3 Å². The summed E-state index contributed by atoms with van der Waals surface area (Å²) in [6.07, 6.45) is 0. The Morgan fingerprint density at radius 3 is 2.68 bits per heavy atom. The van der Waals surface area contributed by atoms with Gasteiger partial charge in [0.25, 0.3) is 0 Å². The zero-order valence-corrected chi connectivity index (χ0v) is 15.7. The minimum Gasteiger partial charge on any atom is -0.497 e. The van der Waals surface area contributed by atoms with Crippen molar-refractivity contribution < 1.29 is 28.5 Å². The van der Waals surface area contributed by atoms with E-state index < -0.39 is 5.97 Å². The first-order valence-corrected chi connectivity index (χ1v) is 9.22. The minimum atomic E-state index is -0.648. The highest BCUT2D eigenvalue weighted by atomic mass is 32.1. The van der Waals surface area contributed by atoms with Crippen LogP contribution in [-0.2, 0) is 4.74 Å². The predicted molar refractivity (Wildman–Crippen MR) is 101 cm³/mol. The van der Waals surface area contributed by atoms with Gasteiger partial charge in [0.15, 0.2) is 29.6 Å². The molecule has 0 aliphatic carbocycles. The number of thiazole rings is 1. The second kappa shape index (κ2) is 7.69. The van der Waals surface area contributed by atoms with E-state index in [0.29, 0.717) is 22.1 Å². The van der Waals surface area contributed by atoms with E-state index in [2.05, 4.69) is 4.98 Å². The Kier molecular flexibility index (Phi) is 4.94. The number of ketones is 1. The number of benzene rings is 2. The second-order valence-corrected chi connectivity index (χ2v) is 6.69. The minimum absolute atomic E-state index is 0.127. The smallest absolute Gasteiger partial charge is 0.358 e. The van der Waals surface area contributed by atoms with E-state index in [4.69, 9.17) is 18.9 Å². The molecule has 3 aromatic rings. The van der Waals surface area contributed by atoms with E-state index >= 15 is 0 Å². The van der Waals surface area contributed by atoms with Gasteiger partial charge in [-0.25, -0.2) is 9.78 Å². The molecular weight excluding hydrogens is 382 g/mol. The van der Waals surface area contributed by atoms with E-state index in [1.807, 2.05) is 24.3 Å². The summed E-state index contributed by atoms with van der Waals surface area (Å²) in [5, 5.41) is 2.28. The van der Waals surface area contributed by atoms with Crippen LogP contribution in [0.3, 0.4) is 0 Å². The van der Waals surface area contributed by atoms with Crippen LogP contribution in [0.4, 0.5) is 0 Å². The van der Waals surface area contributed by atoms with Gasteiger partial charge in [-0.3, -0.25) is 4.79 Å². The predicted octanol–water partition coefficient (Wildman–Crippen LogP) is 3.59. The van der Waals surface area contributed by atoms with Gasteiger partial charge in [0.05, 0.1) is 7.11 Å². The molecule has 0 fully saturated rings. The third-order valence-corrected chi connectivity index (χ3v) is 4.97. The van der Waals surface area contributed by atoms with Crippen molar-refractivity contribution in [3.63, 3.8) is 0 Å². The lowest BCUT2D eigenvalue weighted by Gasteiger charge is -2.04. The molecule has 0 saturated heterocycles. The molecule has 2 aromatic carbocycles. The lowest BCUT2D eigenvalue weighted by Crippen LogP contribution is -2.14. The first-order valence-electron chi connectivity index (χ1n) is 8.34. The summed E-state index contributed by atoms with van der Waals surface area (Å²) >= 11 is 1.32. The van der Waals surface area contributed by atoms with Gasteiger partial charge in [-0.05, 0) is 42.5 Å². The van der Waals surface area contributed by atoms with Crippen LogP contribution in [-0.4, -0.2) is 37.2 Å². The summed E-state index contributed by atoms with van der Waals surface area (Å²) in [4.78, 5) is 28.8. The molecular formula is C20H15NO6S. The average Bonchev–Trinajstić information content (AvgIpc) is 3.40. The van der Waals surface area contributed by atoms with Gasteiger partial charge in [0, 0.05) is 16.5 Å². The molecule has 0 bridgehead atoms. The summed E-state index contributed by atoms with van der Waals surface area (Å²) in [7, 11) is 1.59. The van der Waals surface area contributed by atoms with Crippen molar-refractivity contribution in [3.8, 4) is 27.8 Å². The van der Waals surface area contributed by atoms with E-state index in [9.17, 15) is 9.59 Å². The van der Waals surface area contributed by atoms with Crippen molar-refractivity contribution >= 4 is 23.1 Å². The Bertz CT molecular complexity index is 1030. The van der Waals surface area contributed by atoms with Crippen molar-refractivity contribution in [2.75, 3.05) is 20.5 Å². The molecule has 0 spiro atoms. The number of hydrogen-bond donors (Lipinski definition) is 0. The number of rotatable bonds is 6. The maximum absolute atomic E-state index is 12.3. The molecule has 8 heteroatoms. The number of fused-ring (bicyclic) bond motifs is 1. The summed E-state index contributed by atoms with van der Waals surface area (Å²) in [6.45, 7) is -0.254. The van der Waals surface area contributed by atoms with E-state index in [-0.39, 0.29) is 24.9 Å². The molecule has 28 heavy (non-hydrogen) atoms. The lowest BCUT2D eigenvalue weighted by molar-refractivity contribution is 0.0470. The van der Waals surface area contributed by atoms with Crippen molar-refractivity contribution in [3.05, 3.63) is 59.1 Å². The molecule has 0 amide bonds. The Hall–Kier alpha value is -3.39. The molecule has 1 aliphatic rings. The first-order chi connectivity index (χ1) is 13.6. The highest BCUT2D eigenvalue weighted by Crippen LogP contribution is 2.32. The molecule has 2 heterocycles. The fraction of sp³-hybridized carbons (Fsp3) is 0.150. The van der Waals surface area contributed by atoms with Crippen molar-refractivity contribution in [2.24, 2.45) is 0 Å². The van der Waals surface area contributed by atoms with Crippen molar-refractivity contribution in [2.45, 2.75) is 0 Å². The van der Waals surface area contributed by atoms with Gasteiger partial charge in [-0.1, -0.05) is 0 Å². The third-order valence-electron chi connectivity index (χ3n) is 4.08. The van der Waals surface area contributed by atoms with Gasteiger partial charge < -0.3 is 18.9 Å². The first kappa shape index (κ1) is 18.0. The third kappa shape index (κ3) is 3.67. The van der Waals surface area contributed by atoms with Gasteiger partial charge >= 0.3 is 5.97 Å². The molecule has 142 valence electrons. The topological polar surface area (TPSA) is 84.0 Å². The number of carbonyl (C=O) groups is 2. The molecule has 0 radical (unpaired) electrons. The van der Waals surface area contributed by atoms with Crippen LogP contribution in [0.5, 0.6) is 17.2 Å². The van der Waals surface area contributed by atoms with E-state index in [1.165, 1.54) is 11.3 Å². The fourth-order valence-electron chi connectivity index (χ4n) is 2.59. The van der Waals surface area contributed by atoms with E-state index in [0.717, 1.165) is 11.3 Å². The lowest BCUT2D eigenvalue weighted by atomic mass is 10.1. The monoisotopic (exact) mass is 397 g/mol. The van der Waals surface area contributed by atoms with E-state index in [1.54, 1.807) is 30.7 Å². The number of aromatic nitrogens is 1. The maximum atomic E-state index is 12.3.